The van der Waals surface area contributed by atoms with Gasteiger partial charge in [0.1, 0.15) is 0 Å². The molecule has 1 unspecified atom stereocenters. The summed E-state index contributed by atoms with van der Waals surface area (Å²) < 4.78 is 0. The van der Waals surface area contributed by atoms with E-state index in [4.69, 9.17) is 0 Å². The van der Waals surface area contributed by atoms with Gasteiger partial charge in [0.05, 0.1) is 6.42 Å². The summed E-state index contributed by atoms with van der Waals surface area (Å²) in [5.74, 6) is 0.288. The van der Waals surface area contributed by atoms with Crippen molar-refractivity contribution in [1.82, 2.24) is 4.90 Å². The maximum atomic E-state index is 12.5. The molecule has 1 amide bonds. The summed E-state index contributed by atoms with van der Waals surface area (Å²) in [6, 6.07) is 8.70. The van der Waals surface area contributed by atoms with Crippen molar-refractivity contribution < 1.29 is 4.79 Å². The van der Waals surface area contributed by atoms with E-state index in [2.05, 4.69) is 39.9 Å². The van der Waals surface area contributed by atoms with Crippen molar-refractivity contribution in [3.8, 4) is 0 Å². The van der Waals surface area contributed by atoms with E-state index in [0.29, 0.717) is 12.5 Å². The monoisotopic (exact) mass is 323 g/mol. The summed E-state index contributed by atoms with van der Waals surface area (Å²) in [5.41, 5.74) is 2.36. The molecule has 1 saturated heterocycles. The SMILES string of the molecule is Cc1cccc(CC(=O)N2CCCCC2CCBr)c1. The molecule has 2 rings (SSSR count). The molecule has 0 saturated carbocycles. The first kappa shape index (κ1) is 14.6. The van der Waals surface area contributed by atoms with Crippen LogP contribution in [0.15, 0.2) is 24.3 Å². The van der Waals surface area contributed by atoms with Gasteiger partial charge in [-0.3, -0.25) is 4.79 Å². The maximum Gasteiger partial charge on any atom is 0.227 e. The number of hydrogen-bond donors (Lipinski definition) is 0. The van der Waals surface area contributed by atoms with Gasteiger partial charge in [0, 0.05) is 17.9 Å². The maximum absolute atomic E-state index is 12.5. The summed E-state index contributed by atoms with van der Waals surface area (Å²) in [6.45, 7) is 3.00. The standard InChI is InChI=1S/C16H22BrNO/c1-13-5-4-6-14(11-13)12-16(19)18-10-3-2-7-15(18)8-9-17/h4-6,11,15H,2-3,7-10,12H2,1H3. The van der Waals surface area contributed by atoms with Crippen LogP contribution in [0.25, 0.3) is 0 Å². The van der Waals surface area contributed by atoms with Gasteiger partial charge in [-0.15, -0.1) is 0 Å². The van der Waals surface area contributed by atoms with Crippen molar-refractivity contribution >= 4 is 21.8 Å². The Bertz CT molecular complexity index is 431. The lowest BCUT2D eigenvalue weighted by molar-refractivity contribution is -0.134. The molecule has 0 N–H and O–H groups in total. The molecule has 1 atom stereocenters. The molecule has 19 heavy (non-hydrogen) atoms. The van der Waals surface area contributed by atoms with E-state index in [1.807, 2.05) is 12.1 Å². The quantitative estimate of drug-likeness (QED) is 0.773. The van der Waals surface area contributed by atoms with Crippen LogP contribution in [0.1, 0.15) is 36.8 Å². The first-order chi connectivity index (χ1) is 9.20. The fraction of sp³-hybridized carbons (Fsp3) is 0.562. The van der Waals surface area contributed by atoms with E-state index in [9.17, 15) is 4.79 Å². The van der Waals surface area contributed by atoms with E-state index in [1.165, 1.54) is 12.0 Å². The molecule has 1 aliphatic heterocycles. The summed E-state index contributed by atoms with van der Waals surface area (Å²) in [6.07, 6.45) is 5.18. The number of nitrogens with zero attached hydrogens (tertiary/aromatic N) is 1. The third kappa shape index (κ3) is 4.07. The first-order valence-corrected chi connectivity index (χ1v) is 8.24. The predicted octanol–water partition coefficient (Wildman–Crippen LogP) is 3.70. The van der Waals surface area contributed by atoms with Crippen LogP contribution in [0, 0.1) is 6.92 Å². The summed E-state index contributed by atoms with van der Waals surface area (Å²) in [4.78, 5) is 14.6. The van der Waals surface area contributed by atoms with E-state index < -0.39 is 0 Å². The number of carbonyl (C=O) groups is 1. The van der Waals surface area contributed by atoms with E-state index >= 15 is 0 Å². The molecule has 0 bridgehead atoms. The van der Waals surface area contributed by atoms with Crippen molar-refractivity contribution in [1.29, 1.82) is 0 Å². The van der Waals surface area contributed by atoms with Crippen LogP contribution in [-0.4, -0.2) is 28.7 Å². The molecule has 104 valence electrons. The zero-order valence-electron chi connectivity index (χ0n) is 11.6. The number of carbonyl (C=O) groups excluding carboxylic acids is 1. The lowest BCUT2D eigenvalue weighted by Crippen LogP contribution is -2.44. The lowest BCUT2D eigenvalue weighted by atomic mass is 9.98. The molecule has 1 heterocycles. The Labute approximate surface area is 124 Å². The third-order valence-corrected chi connectivity index (χ3v) is 4.29. The van der Waals surface area contributed by atoms with Crippen molar-refractivity contribution in [3.05, 3.63) is 35.4 Å². The Morgan fingerprint density at radius 3 is 3.00 bits per heavy atom. The number of hydrogen-bond acceptors (Lipinski definition) is 1. The Kier molecular flexibility index (Phi) is 5.44. The molecule has 2 nitrogen and oxygen atoms in total. The minimum Gasteiger partial charge on any atom is -0.339 e. The van der Waals surface area contributed by atoms with Crippen LogP contribution >= 0.6 is 15.9 Å². The smallest absolute Gasteiger partial charge is 0.227 e. The molecule has 1 aromatic rings. The average Bonchev–Trinajstić information content (AvgIpc) is 2.39. The molecular weight excluding hydrogens is 302 g/mol. The number of halogens is 1. The predicted molar refractivity (Wildman–Crippen MR) is 82.6 cm³/mol. The molecule has 1 aliphatic rings. The molecule has 3 heteroatoms. The van der Waals surface area contributed by atoms with Gasteiger partial charge in [0.15, 0.2) is 0 Å². The zero-order chi connectivity index (χ0) is 13.7. The minimum atomic E-state index is 0.288. The van der Waals surface area contributed by atoms with Gasteiger partial charge < -0.3 is 4.90 Å². The van der Waals surface area contributed by atoms with Crippen molar-refractivity contribution in [2.24, 2.45) is 0 Å². The Balaban J connectivity index is 2.01. The van der Waals surface area contributed by atoms with Crippen LogP contribution in [0.5, 0.6) is 0 Å². The highest BCUT2D eigenvalue weighted by atomic mass is 79.9. The highest BCUT2D eigenvalue weighted by Gasteiger charge is 2.25. The second-order valence-electron chi connectivity index (χ2n) is 5.38. The fourth-order valence-corrected chi connectivity index (χ4v) is 3.38. The highest BCUT2D eigenvalue weighted by Crippen LogP contribution is 2.21. The minimum absolute atomic E-state index is 0.288. The second-order valence-corrected chi connectivity index (χ2v) is 6.17. The number of piperidine rings is 1. The van der Waals surface area contributed by atoms with E-state index in [1.54, 1.807) is 0 Å². The van der Waals surface area contributed by atoms with Crippen molar-refractivity contribution in [2.45, 2.75) is 45.1 Å². The topological polar surface area (TPSA) is 20.3 Å². The van der Waals surface area contributed by atoms with Gasteiger partial charge in [-0.2, -0.15) is 0 Å². The van der Waals surface area contributed by atoms with Crippen LogP contribution in [0.4, 0.5) is 0 Å². The molecule has 1 fully saturated rings. The number of likely N-dealkylation sites (tertiary alicyclic amines) is 1. The molecular formula is C16H22BrNO. The molecule has 0 radical (unpaired) electrons. The normalized spacial score (nSPS) is 19.5. The fourth-order valence-electron chi connectivity index (χ4n) is 2.85. The van der Waals surface area contributed by atoms with Gasteiger partial charge in [-0.05, 0) is 38.2 Å². The van der Waals surface area contributed by atoms with E-state index in [0.717, 1.165) is 36.7 Å². The summed E-state index contributed by atoms with van der Waals surface area (Å²) in [5, 5.41) is 0.978. The Morgan fingerprint density at radius 1 is 1.42 bits per heavy atom. The summed E-state index contributed by atoms with van der Waals surface area (Å²) in [7, 11) is 0. The molecule has 0 aromatic heterocycles. The molecule has 0 aliphatic carbocycles. The molecule has 0 spiro atoms. The lowest BCUT2D eigenvalue weighted by Gasteiger charge is -2.35. The second kappa shape index (κ2) is 7.09. The van der Waals surface area contributed by atoms with Crippen LogP contribution in [-0.2, 0) is 11.2 Å². The van der Waals surface area contributed by atoms with Gasteiger partial charge in [-0.25, -0.2) is 0 Å². The van der Waals surface area contributed by atoms with Gasteiger partial charge in [0.25, 0.3) is 0 Å². The van der Waals surface area contributed by atoms with E-state index in [-0.39, 0.29) is 5.91 Å². The van der Waals surface area contributed by atoms with Crippen molar-refractivity contribution in [2.75, 3.05) is 11.9 Å². The first-order valence-electron chi connectivity index (χ1n) is 7.11. The number of aryl methyl sites for hydroxylation is 1. The number of alkyl halides is 1. The van der Waals surface area contributed by atoms with Crippen LogP contribution in [0.2, 0.25) is 0 Å². The van der Waals surface area contributed by atoms with Crippen LogP contribution < -0.4 is 0 Å². The third-order valence-electron chi connectivity index (χ3n) is 3.83. The largest absolute Gasteiger partial charge is 0.339 e. The highest BCUT2D eigenvalue weighted by molar-refractivity contribution is 9.09. The number of benzene rings is 1. The van der Waals surface area contributed by atoms with Crippen LogP contribution in [0.3, 0.4) is 0 Å². The number of rotatable bonds is 4. The van der Waals surface area contributed by atoms with Gasteiger partial charge in [0.2, 0.25) is 5.91 Å². The number of amides is 1. The van der Waals surface area contributed by atoms with Gasteiger partial charge >= 0.3 is 0 Å². The summed E-state index contributed by atoms with van der Waals surface area (Å²) >= 11 is 3.50. The Morgan fingerprint density at radius 2 is 2.26 bits per heavy atom. The molecule has 1 aromatic carbocycles. The van der Waals surface area contributed by atoms with Crippen molar-refractivity contribution in [3.63, 3.8) is 0 Å². The average molecular weight is 324 g/mol. The van der Waals surface area contributed by atoms with Gasteiger partial charge in [-0.1, -0.05) is 45.8 Å². The zero-order valence-corrected chi connectivity index (χ0v) is 13.2. The Hall–Kier alpha value is -0.830.